The maximum absolute atomic E-state index is 5.01. The van der Waals surface area contributed by atoms with E-state index in [0.717, 1.165) is 22.6 Å². The number of hydrogen-bond donors (Lipinski definition) is 0. The topological polar surface area (TPSA) is 18.5 Å². The highest BCUT2D eigenvalue weighted by atomic mass is 16.5. The molecule has 2 heteroatoms. The highest BCUT2D eigenvalue weighted by molar-refractivity contribution is 5.50. The molecule has 0 bridgehead atoms. The number of hydrogen-bond acceptors (Lipinski definition) is 2. The molecule has 2 rings (SSSR count). The van der Waals surface area contributed by atoms with E-state index in [-0.39, 0.29) is 0 Å². The third-order valence-corrected chi connectivity index (χ3v) is 2.66. The highest BCUT2D eigenvalue weighted by Gasteiger charge is 1.89. The Morgan fingerprint density at radius 2 is 1.15 bits per heavy atom. The Labute approximate surface area is 121 Å². The minimum atomic E-state index is 0.873. The molecule has 0 aliphatic rings. The third-order valence-electron chi connectivity index (χ3n) is 2.66. The van der Waals surface area contributed by atoms with Crippen LogP contribution < -0.4 is 9.47 Å². The second-order valence-corrected chi connectivity index (χ2v) is 3.96. The largest absolute Gasteiger partial charge is 0.497 e. The van der Waals surface area contributed by atoms with Gasteiger partial charge in [-0.2, -0.15) is 0 Å². The summed E-state index contributed by atoms with van der Waals surface area (Å²) in [6.07, 6.45) is 3.59. The molecule has 0 aliphatic heterocycles. The van der Waals surface area contributed by atoms with Crippen molar-refractivity contribution in [3.63, 3.8) is 0 Å². The SMILES string of the molecule is C=Cc1cccc(OC)c1.C=Cc1cccc(OC)c1. The van der Waals surface area contributed by atoms with Gasteiger partial charge in [-0.05, 0) is 35.4 Å². The van der Waals surface area contributed by atoms with E-state index in [1.54, 1.807) is 26.4 Å². The number of rotatable bonds is 4. The van der Waals surface area contributed by atoms with E-state index < -0.39 is 0 Å². The molecule has 0 saturated carbocycles. The average Bonchev–Trinajstić information content (AvgIpc) is 2.55. The lowest BCUT2D eigenvalue weighted by Gasteiger charge is -1.98. The van der Waals surface area contributed by atoms with Crippen LogP contribution in [0.2, 0.25) is 0 Å². The quantitative estimate of drug-likeness (QED) is 0.801. The highest BCUT2D eigenvalue weighted by Crippen LogP contribution is 2.13. The van der Waals surface area contributed by atoms with Gasteiger partial charge >= 0.3 is 0 Å². The van der Waals surface area contributed by atoms with E-state index in [1.165, 1.54) is 0 Å². The lowest BCUT2D eigenvalue weighted by atomic mass is 10.2. The number of ether oxygens (including phenoxy) is 2. The van der Waals surface area contributed by atoms with E-state index in [0.29, 0.717) is 0 Å². The Morgan fingerprint density at radius 1 is 0.750 bits per heavy atom. The van der Waals surface area contributed by atoms with E-state index in [4.69, 9.17) is 9.47 Å². The van der Waals surface area contributed by atoms with Gasteiger partial charge in [0, 0.05) is 0 Å². The van der Waals surface area contributed by atoms with Gasteiger partial charge in [0.05, 0.1) is 14.2 Å². The van der Waals surface area contributed by atoms with Crippen LogP contribution in [-0.4, -0.2) is 14.2 Å². The van der Waals surface area contributed by atoms with Crippen LogP contribution in [0.25, 0.3) is 12.2 Å². The van der Waals surface area contributed by atoms with Crippen LogP contribution in [0.3, 0.4) is 0 Å². The van der Waals surface area contributed by atoms with Crippen molar-refractivity contribution in [2.24, 2.45) is 0 Å². The monoisotopic (exact) mass is 268 g/mol. The van der Waals surface area contributed by atoms with Gasteiger partial charge in [-0.3, -0.25) is 0 Å². The van der Waals surface area contributed by atoms with Gasteiger partial charge in [0.1, 0.15) is 11.5 Å². The van der Waals surface area contributed by atoms with Gasteiger partial charge in [0.2, 0.25) is 0 Å². The molecule has 20 heavy (non-hydrogen) atoms. The van der Waals surface area contributed by atoms with Crippen molar-refractivity contribution in [2.45, 2.75) is 0 Å². The summed E-state index contributed by atoms with van der Waals surface area (Å²) in [5, 5.41) is 0. The van der Waals surface area contributed by atoms with Gasteiger partial charge < -0.3 is 9.47 Å². The van der Waals surface area contributed by atoms with Crippen LogP contribution in [-0.2, 0) is 0 Å². The zero-order valence-electron chi connectivity index (χ0n) is 12.0. The summed E-state index contributed by atoms with van der Waals surface area (Å²) in [6, 6.07) is 15.5. The van der Waals surface area contributed by atoms with Crippen molar-refractivity contribution in [3.05, 3.63) is 72.8 Å². The van der Waals surface area contributed by atoms with Crippen molar-refractivity contribution in [2.75, 3.05) is 14.2 Å². The third kappa shape index (κ3) is 5.02. The van der Waals surface area contributed by atoms with Crippen molar-refractivity contribution in [1.82, 2.24) is 0 Å². The second-order valence-electron chi connectivity index (χ2n) is 3.96. The standard InChI is InChI=1S/2C9H10O/c2*1-3-8-5-4-6-9(7-8)10-2/h2*3-7H,1H2,2H3. The predicted molar refractivity (Wildman–Crippen MR) is 86.2 cm³/mol. The Morgan fingerprint density at radius 3 is 1.45 bits per heavy atom. The summed E-state index contributed by atoms with van der Waals surface area (Å²) in [7, 11) is 3.31. The molecular weight excluding hydrogens is 248 g/mol. The summed E-state index contributed by atoms with van der Waals surface area (Å²) < 4.78 is 10.0. The molecule has 0 aliphatic carbocycles. The first-order valence-electron chi connectivity index (χ1n) is 6.26. The molecule has 0 fully saturated rings. The van der Waals surface area contributed by atoms with Crippen LogP contribution in [0.4, 0.5) is 0 Å². The molecular formula is C18H20O2. The first-order chi connectivity index (χ1) is 9.73. The van der Waals surface area contributed by atoms with E-state index in [2.05, 4.69) is 13.2 Å². The number of methoxy groups -OCH3 is 2. The Hall–Kier alpha value is -2.48. The molecule has 0 aromatic heterocycles. The van der Waals surface area contributed by atoms with Gasteiger partial charge in [-0.1, -0.05) is 49.6 Å². The summed E-state index contributed by atoms with van der Waals surface area (Å²) in [6.45, 7) is 7.30. The molecule has 2 nitrogen and oxygen atoms in total. The lowest BCUT2D eigenvalue weighted by molar-refractivity contribution is 0.414. The maximum atomic E-state index is 5.01. The molecule has 0 heterocycles. The van der Waals surface area contributed by atoms with Crippen LogP contribution >= 0.6 is 0 Å². The van der Waals surface area contributed by atoms with Crippen molar-refractivity contribution in [3.8, 4) is 11.5 Å². The first-order valence-corrected chi connectivity index (χ1v) is 6.26. The zero-order chi connectivity index (χ0) is 14.8. The van der Waals surface area contributed by atoms with Crippen molar-refractivity contribution in [1.29, 1.82) is 0 Å². The van der Waals surface area contributed by atoms with Gasteiger partial charge in [0.25, 0.3) is 0 Å². The Kier molecular flexibility index (Phi) is 6.69. The van der Waals surface area contributed by atoms with Crippen LogP contribution in [0.15, 0.2) is 61.7 Å². The second kappa shape index (κ2) is 8.59. The maximum Gasteiger partial charge on any atom is 0.119 e. The molecule has 0 amide bonds. The summed E-state index contributed by atoms with van der Waals surface area (Å²) in [4.78, 5) is 0. The van der Waals surface area contributed by atoms with E-state index >= 15 is 0 Å². The normalized spacial score (nSPS) is 8.90. The van der Waals surface area contributed by atoms with Crippen molar-refractivity contribution >= 4 is 12.2 Å². The smallest absolute Gasteiger partial charge is 0.119 e. The fourth-order valence-electron chi connectivity index (χ4n) is 1.54. The fraction of sp³-hybridized carbons (Fsp3) is 0.111. The van der Waals surface area contributed by atoms with Crippen LogP contribution in [0, 0.1) is 0 Å². The molecule has 0 unspecified atom stereocenters. The fourth-order valence-corrected chi connectivity index (χ4v) is 1.54. The molecule has 104 valence electrons. The number of benzene rings is 2. The van der Waals surface area contributed by atoms with E-state index in [1.807, 2.05) is 48.5 Å². The first kappa shape index (κ1) is 15.6. The van der Waals surface area contributed by atoms with Gasteiger partial charge in [-0.15, -0.1) is 0 Å². The van der Waals surface area contributed by atoms with Gasteiger partial charge in [-0.25, -0.2) is 0 Å². The Balaban J connectivity index is 0.000000200. The summed E-state index contributed by atoms with van der Waals surface area (Å²) >= 11 is 0. The van der Waals surface area contributed by atoms with Crippen LogP contribution in [0.1, 0.15) is 11.1 Å². The average molecular weight is 268 g/mol. The minimum absolute atomic E-state index is 0.873. The summed E-state index contributed by atoms with van der Waals surface area (Å²) in [5.74, 6) is 1.75. The van der Waals surface area contributed by atoms with Crippen molar-refractivity contribution < 1.29 is 9.47 Å². The zero-order valence-corrected chi connectivity index (χ0v) is 12.0. The molecule has 0 spiro atoms. The van der Waals surface area contributed by atoms with E-state index in [9.17, 15) is 0 Å². The Bertz CT molecular complexity index is 507. The van der Waals surface area contributed by atoms with Crippen LogP contribution in [0.5, 0.6) is 11.5 Å². The van der Waals surface area contributed by atoms with Gasteiger partial charge in [0.15, 0.2) is 0 Å². The molecule has 0 radical (unpaired) electrons. The lowest BCUT2D eigenvalue weighted by Crippen LogP contribution is -1.81. The molecule has 0 saturated heterocycles. The minimum Gasteiger partial charge on any atom is -0.497 e. The molecule has 0 N–H and O–H groups in total. The predicted octanol–water partition coefficient (Wildman–Crippen LogP) is 4.68. The molecule has 0 atom stereocenters. The summed E-state index contributed by atoms with van der Waals surface area (Å²) in [5.41, 5.74) is 2.17. The molecule has 2 aromatic carbocycles. The molecule has 2 aromatic rings.